The van der Waals surface area contributed by atoms with Crippen LogP contribution in [-0.2, 0) is 14.3 Å². The Morgan fingerprint density at radius 3 is 2.59 bits per heavy atom. The maximum absolute atomic E-state index is 13.3. The lowest BCUT2D eigenvalue weighted by Crippen LogP contribution is -2.52. The number of carbonyl (C=O) groups excluding carboxylic acids is 2. The summed E-state index contributed by atoms with van der Waals surface area (Å²) < 4.78 is 5.53. The van der Waals surface area contributed by atoms with Crippen molar-refractivity contribution in [3.05, 3.63) is 23.8 Å². The Kier molecular flexibility index (Phi) is 4.92. The maximum atomic E-state index is 13.3. The van der Waals surface area contributed by atoms with Gasteiger partial charge in [0.05, 0.1) is 12.0 Å². The molecule has 0 aromatic heterocycles. The molecule has 0 aliphatic heterocycles. The minimum absolute atomic E-state index is 0.0997. The quantitative estimate of drug-likeness (QED) is 0.543. The predicted octanol–water partition coefficient (Wildman–Crippen LogP) is 2.80. The van der Waals surface area contributed by atoms with Crippen molar-refractivity contribution < 1.29 is 24.5 Å². The van der Waals surface area contributed by atoms with Gasteiger partial charge in [-0.3, -0.25) is 9.59 Å². The van der Waals surface area contributed by atoms with Gasteiger partial charge in [-0.25, -0.2) is 0 Å². The molecule has 0 spiro atoms. The number of allylic oxidation sites excluding steroid dienone is 1. The number of hydrogen-bond acceptors (Lipinski definition) is 5. The zero-order valence-corrected chi connectivity index (χ0v) is 17.0. The van der Waals surface area contributed by atoms with Crippen LogP contribution in [0.3, 0.4) is 0 Å². The summed E-state index contributed by atoms with van der Waals surface area (Å²) in [5.41, 5.74) is -0.474. The first-order valence-electron chi connectivity index (χ1n) is 9.89. The molecule has 2 fully saturated rings. The standard InChI is InChI=1S/C22H32O5/c1-11-7-8-15-16(21(15,5)6)9-12(2)20(25)22(26)10-13(3)18(24)17(22)19(11)27-14(4)23/h9,13,15-19,24,26H,1,7-8,10H2,2-6H3/b12-9+/t13-,15-,16+,17+,18-,19-,22+/m0/s1. The summed E-state index contributed by atoms with van der Waals surface area (Å²) in [7, 11) is 0. The molecule has 0 saturated heterocycles. The number of ketones is 1. The normalized spacial score (nSPS) is 45.8. The molecule has 0 aromatic rings. The molecule has 2 N–H and O–H groups in total. The van der Waals surface area contributed by atoms with Crippen molar-refractivity contribution in [2.24, 2.45) is 29.1 Å². The van der Waals surface area contributed by atoms with Gasteiger partial charge >= 0.3 is 5.97 Å². The Morgan fingerprint density at radius 1 is 1.37 bits per heavy atom. The predicted molar refractivity (Wildman–Crippen MR) is 102 cm³/mol. The third-order valence-electron chi connectivity index (χ3n) is 7.25. The van der Waals surface area contributed by atoms with Gasteiger partial charge in [0, 0.05) is 6.92 Å². The topological polar surface area (TPSA) is 83.8 Å². The molecule has 7 atom stereocenters. The molecule has 0 heterocycles. The fraction of sp³-hybridized carbons (Fsp3) is 0.727. The Balaban J connectivity index is 2.09. The van der Waals surface area contributed by atoms with E-state index in [1.807, 2.05) is 6.08 Å². The lowest BCUT2D eigenvalue weighted by atomic mass is 9.77. The number of aliphatic hydroxyl groups is 2. The van der Waals surface area contributed by atoms with Crippen LogP contribution in [0.15, 0.2) is 23.8 Å². The van der Waals surface area contributed by atoms with E-state index in [1.54, 1.807) is 13.8 Å². The largest absolute Gasteiger partial charge is 0.458 e. The molecule has 0 aromatic carbocycles. The van der Waals surface area contributed by atoms with Crippen LogP contribution in [0.25, 0.3) is 0 Å². The molecular formula is C22H32O5. The zero-order valence-electron chi connectivity index (χ0n) is 17.0. The van der Waals surface area contributed by atoms with Crippen LogP contribution < -0.4 is 0 Å². The van der Waals surface area contributed by atoms with Crippen molar-refractivity contribution in [2.75, 3.05) is 0 Å². The van der Waals surface area contributed by atoms with Gasteiger partial charge in [0.25, 0.3) is 0 Å². The highest BCUT2D eigenvalue weighted by Crippen LogP contribution is 2.62. The van der Waals surface area contributed by atoms with E-state index in [1.165, 1.54) is 6.92 Å². The minimum Gasteiger partial charge on any atom is -0.458 e. The number of aliphatic hydroxyl groups excluding tert-OH is 1. The molecule has 0 bridgehead atoms. The van der Waals surface area contributed by atoms with Gasteiger partial charge in [-0.2, -0.15) is 0 Å². The molecule has 5 heteroatoms. The molecule has 3 aliphatic carbocycles. The van der Waals surface area contributed by atoms with Crippen molar-refractivity contribution >= 4 is 11.8 Å². The average Bonchev–Trinajstić information content (AvgIpc) is 2.98. The van der Waals surface area contributed by atoms with E-state index in [4.69, 9.17) is 4.74 Å². The minimum atomic E-state index is -1.76. The summed E-state index contributed by atoms with van der Waals surface area (Å²) in [6.07, 6.45) is 1.83. The van der Waals surface area contributed by atoms with Gasteiger partial charge in [0.15, 0.2) is 5.78 Å². The average molecular weight is 376 g/mol. The fourth-order valence-electron chi connectivity index (χ4n) is 5.49. The zero-order chi connectivity index (χ0) is 20.3. The van der Waals surface area contributed by atoms with Crippen molar-refractivity contribution in [1.29, 1.82) is 0 Å². The summed E-state index contributed by atoms with van der Waals surface area (Å²) in [6.45, 7) is 13.3. The Labute approximate surface area is 161 Å². The number of fused-ring (bicyclic) bond motifs is 2. The van der Waals surface area contributed by atoms with Crippen LogP contribution in [0.4, 0.5) is 0 Å². The van der Waals surface area contributed by atoms with Crippen LogP contribution >= 0.6 is 0 Å². The number of ether oxygens (including phenoxy) is 1. The highest BCUT2D eigenvalue weighted by molar-refractivity contribution is 6.02. The van der Waals surface area contributed by atoms with E-state index in [9.17, 15) is 19.8 Å². The van der Waals surface area contributed by atoms with E-state index in [2.05, 4.69) is 20.4 Å². The Hall–Kier alpha value is -1.46. The number of hydrogen-bond donors (Lipinski definition) is 2. The number of rotatable bonds is 1. The summed E-state index contributed by atoms with van der Waals surface area (Å²) in [5, 5.41) is 22.2. The van der Waals surface area contributed by atoms with Crippen LogP contribution in [-0.4, -0.2) is 39.8 Å². The Bertz CT molecular complexity index is 705. The highest BCUT2D eigenvalue weighted by atomic mass is 16.5. The molecule has 0 unspecified atom stereocenters. The van der Waals surface area contributed by atoms with E-state index >= 15 is 0 Å². The fourth-order valence-corrected chi connectivity index (χ4v) is 5.49. The van der Waals surface area contributed by atoms with E-state index < -0.39 is 29.7 Å². The molecule has 150 valence electrons. The van der Waals surface area contributed by atoms with Crippen LogP contribution in [0, 0.1) is 29.1 Å². The van der Waals surface area contributed by atoms with Crippen molar-refractivity contribution in [1.82, 2.24) is 0 Å². The first-order valence-corrected chi connectivity index (χ1v) is 9.89. The van der Waals surface area contributed by atoms with Gasteiger partial charge in [-0.1, -0.05) is 33.4 Å². The number of esters is 1. The van der Waals surface area contributed by atoms with Gasteiger partial charge in [0.2, 0.25) is 0 Å². The van der Waals surface area contributed by atoms with Gasteiger partial charge in [-0.05, 0) is 60.5 Å². The van der Waals surface area contributed by atoms with Crippen LogP contribution in [0.2, 0.25) is 0 Å². The first kappa shape index (κ1) is 20.3. The molecule has 3 rings (SSSR count). The van der Waals surface area contributed by atoms with Gasteiger partial charge in [-0.15, -0.1) is 0 Å². The third kappa shape index (κ3) is 3.19. The first-order chi connectivity index (χ1) is 12.4. The highest BCUT2D eigenvalue weighted by Gasteiger charge is 2.61. The third-order valence-corrected chi connectivity index (χ3v) is 7.25. The molecule has 0 radical (unpaired) electrons. The van der Waals surface area contributed by atoms with Gasteiger partial charge in [0.1, 0.15) is 11.7 Å². The van der Waals surface area contributed by atoms with Crippen molar-refractivity contribution in [3.8, 4) is 0 Å². The summed E-state index contributed by atoms with van der Waals surface area (Å²) >= 11 is 0. The summed E-state index contributed by atoms with van der Waals surface area (Å²) in [6, 6.07) is 0. The molecule has 5 nitrogen and oxygen atoms in total. The maximum Gasteiger partial charge on any atom is 0.303 e. The lowest BCUT2D eigenvalue weighted by Gasteiger charge is -2.36. The van der Waals surface area contributed by atoms with E-state index in [-0.39, 0.29) is 29.5 Å². The summed E-state index contributed by atoms with van der Waals surface area (Å²) in [4.78, 5) is 25.0. The molecular weight excluding hydrogens is 344 g/mol. The Morgan fingerprint density at radius 2 is 2.00 bits per heavy atom. The molecule has 27 heavy (non-hydrogen) atoms. The van der Waals surface area contributed by atoms with E-state index in [0.29, 0.717) is 23.5 Å². The van der Waals surface area contributed by atoms with Crippen molar-refractivity contribution in [3.63, 3.8) is 0 Å². The molecule has 2 saturated carbocycles. The van der Waals surface area contributed by atoms with Crippen LogP contribution in [0.1, 0.15) is 53.9 Å². The van der Waals surface area contributed by atoms with Crippen LogP contribution in [0.5, 0.6) is 0 Å². The monoisotopic (exact) mass is 376 g/mol. The second-order valence-electron chi connectivity index (χ2n) is 9.48. The van der Waals surface area contributed by atoms with Gasteiger partial charge < -0.3 is 14.9 Å². The smallest absolute Gasteiger partial charge is 0.303 e. The SMILES string of the molecule is C=C1CC[C@H]2[C@@H](/C=C(\C)C(=O)[C@@]3(O)C[C@H](C)[C@H](O)[C@@H]3[C@H]1OC(C)=O)C2(C)C. The second kappa shape index (κ2) is 6.56. The second-order valence-corrected chi connectivity index (χ2v) is 9.48. The summed E-state index contributed by atoms with van der Waals surface area (Å²) in [5.74, 6) is -1.35. The van der Waals surface area contributed by atoms with E-state index in [0.717, 1.165) is 6.42 Å². The molecule has 3 aliphatic rings. The number of carbonyl (C=O) groups is 2. The van der Waals surface area contributed by atoms with Crippen molar-refractivity contribution in [2.45, 2.75) is 71.7 Å². The molecule has 0 amide bonds. The lowest BCUT2D eigenvalue weighted by molar-refractivity contribution is -0.161. The number of Topliss-reactive ketones (excluding diaryl/α,β-unsaturated/α-hetero) is 1.